The van der Waals surface area contributed by atoms with Gasteiger partial charge in [0.05, 0.1) is 6.20 Å². The van der Waals surface area contributed by atoms with Crippen LogP contribution in [0.1, 0.15) is 13.8 Å². The van der Waals surface area contributed by atoms with Gasteiger partial charge in [-0.3, -0.25) is 4.98 Å². The first-order chi connectivity index (χ1) is 4.00. The van der Waals surface area contributed by atoms with E-state index in [0.29, 0.717) is 0 Å². The van der Waals surface area contributed by atoms with Gasteiger partial charge in [0, 0.05) is 12.3 Å². The smallest absolute Gasteiger partial charge is 0.0770 e. The van der Waals surface area contributed by atoms with E-state index in [9.17, 15) is 0 Å². The highest BCUT2D eigenvalue weighted by Gasteiger charge is 1.53. The van der Waals surface area contributed by atoms with Gasteiger partial charge in [-0.25, -0.2) is 0 Å². The average Bonchev–Trinajstić information content (AvgIpc) is 1.96. The molecule has 0 aliphatic carbocycles. The summed E-state index contributed by atoms with van der Waals surface area (Å²) < 4.78 is 0. The summed E-state index contributed by atoms with van der Waals surface area (Å²) in [6.07, 6.45) is 3.23. The van der Waals surface area contributed by atoms with Crippen LogP contribution >= 0.6 is 0 Å². The van der Waals surface area contributed by atoms with Gasteiger partial charge in [-0.15, -0.1) is 0 Å². The molecule has 1 aromatic heterocycles. The van der Waals surface area contributed by atoms with Gasteiger partial charge < -0.3 is 0 Å². The summed E-state index contributed by atoms with van der Waals surface area (Å²) in [5.41, 5.74) is 0. The van der Waals surface area contributed by atoms with Crippen molar-refractivity contribution in [2.75, 3.05) is 0 Å². The zero-order valence-electron chi connectivity index (χ0n) is 5.18. The third kappa shape index (κ3) is 3.17. The van der Waals surface area contributed by atoms with Gasteiger partial charge in [0.25, 0.3) is 0 Å². The molecule has 0 N–H and O–H groups in total. The summed E-state index contributed by atoms with van der Waals surface area (Å²) in [6, 6.07) is 7.07. The Kier molecular flexibility index (Phi) is 5.20. The molecule has 0 unspecified atom stereocenters. The Bertz CT molecular complexity index is 76.3. The molecule has 0 bridgehead atoms. The van der Waals surface area contributed by atoms with Crippen LogP contribution in [0.2, 0.25) is 0 Å². The van der Waals surface area contributed by atoms with Crippen molar-refractivity contribution in [1.29, 1.82) is 0 Å². The first-order valence-electron chi connectivity index (χ1n) is 2.68. The minimum absolute atomic E-state index is 1.57. The van der Waals surface area contributed by atoms with Gasteiger partial charge in [-0.1, -0.05) is 26.0 Å². The normalized spacial score (nSPS) is 5.75. The van der Waals surface area contributed by atoms with Crippen LogP contribution in [0, 0.1) is 12.1 Å². The quantitative estimate of drug-likeness (QED) is 0.491. The molecule has 8 heavy (non-hydrogen) atoms. The van der Waals surface area contributed by atoms with E-state index in [0.717, 1.165) is 0 Å². The van der Waals surface area contributed by atoms with Gasteiger partial charge in [0.2, 0.25) is 0 Å². The van der Waals surface area contributed by atoms with Crippen molar-refractivity contribution in [2.24, 2.45) is 0 Å². The van der Waals surface area contributed by atoms with Crippen LogP contribution in [0.4, 0.5) is 0 Å². The topological polar surface area (TPSA) is 12.9 Å². The summed E-state index contributed by atoms with van der Waals surface area (Å²) in [4.78, 5) is 3.70. The average molecular weight is 107 g/mol. The zero-order chi connectivity index (χ0) is 6.24. The van der Waals surface area contributed by atoms with E-state index in [1.807, 2.05) is 13.8 Å². The van der Waals surface area contributed by atoms with Crippen molar-refractivity contribution in [2.45, 2.75) is 13.8 Å². The minimum Gasteiger partial charge on any atom is -0.255 e. The van der Waals surface area contributed by atoms with E-state index < -0.39 is 0 Å². The van der Waals surface area contributed by atoms with Gasteiger partial charge in [0.15, 0.2) is 0 Å². The highest BCUT2D eigenvalue weighted by atomic mass is 14.6. The molecule has 0 amide bonds. The van der Waals surface area contributed by atoms with Crippen molar-refractivity contribution < 1.29 is 0 Å². The van der Waals surface area contributed by atoms with E-state index in [-0.39, 0.29) is 0 Å². The van der Waals surface area contributed by atoms with E-state index >= 15 is 0 Å². The molecular formula is C7H9N. The molecule has 0 saturated heterocycles. The fourth-order valence-corrected chi connectivity index (χ4v) is 0.246. The second kappa shape index (κ2) is 5.97. The van der Waals surface area contributed by atoms with Gasteiger partial charge in [0.1, 0.15) is 0 Å². The molecule has 1 heterocycles. The van der Waals surface area contributed by atoms with E-state index in [2.05, 4.69) is 17.1 Å². The summed E-state index contributed by atoms with van der Waals surface area (Å²) in [5, 5.41) is 0. The first kappa shape index (κ1) is 6.97. The Labute approximate surface area is 50.4 Å². The fourth-order valence-electron chi connectivity index (χ4n) is 0.246. The summed E-state index contributed by atoms with van der Waals surface area (Å²) in [5.74, 6) is 0. The lowest BCUT2D eigenvalue weighted by molar-refractivity contribution is 1.34. The molecule has 0 aliphatic rings. The lowest BCUT2D eigenvalue weighted by Gasteiger charge is -1.62. The van der Waals surface area contributed by atoms with E-state index in [4.69, 9.17) is 0 Å². The second-order valence-electron chi connectivity index (χ2n) is 0.883. The van der Waals surface area contributed by atoms with Crippen molar-refractivity contribution in [3.05, 3.63) is 30.6 Å². The molecule has 0 atom stereocenters. The Morgan fingerprint density at radius 3 is 2.12 bits per heavy atom. The molecular weight excluding hydrogens is 98.1 g/mol. The summed E-state index contributed by atoms with van der Waals surface area (Å²) >= 11 is 0. The van der Waals surface area contributed by atoms with Crippen molar-refractivity contribution in [3.8, 4) is 0 Å². The van der Waals surface area contributed by atoms with Gasteiger partial charge in [-0.2, -0.15) is 0 Å². The van der Waals surface area contributed by atoms with Crippen molar-refractivity contribution in [3.63, 3.8) is 0 Å². The molecule has 1 rings (SSSR count). The van der Waals surface area contributed by atoms with Crippen molar-refractivity contribution >= 4 is 0 Å². The summed E-state index contributed by atoms with van der Waals surface area (Å²) in [6.45, 7) is 4.00. The number of hydrogen-bond acceptors (Lipinski definition) is 1. The Hall–Kier alpha value is -1.03. The van der Waals surface area contributed by atoms with Gasteiger partial charge in [-0.05, 0) is 0 Å². The Morgan fingerprint density at radius 2 is 2.00 bits per heavy atom. The SMILES string of the molecule is CC.c1ccncc#1. The molecule has 1 heteroatoms. The van der Waals surface area contributed by atoms with Crippen LogP contribution in [0.5, 0.6) is 0 Å². The van der Waals surface area contributed by atoms with Crippen LogP contribution in [-0.2, 0) is 0 Å². The van der Waals surface area contributed by atoms with Crippen molar-refractivity contribution in [1.82, 2.24) is 4.98 Å². The summed E-state index contributed by atoms with van der Waals surface area (Å²) in [7, 11) is 0. The van der Waals surface area contributed by atoms with Gasteiger partial charge >= 0.3 is 0 Å². The maximum absolute atomic E-state index is 3.70. The Balaban J connectivity index is 0.000000222. The minimum atomic E-state index is 1.57. The number of rotatable bonds is 0. The number of nitrogens with zero attached hydrogens (tertiary/aromatic N) is 1. The molecule has 0 saturated carbocycles. The monoisotopic (exact) mass is 107 g/mol. The maximum Gasteiger partial charge on any atom is 0.0770 e. The van der Waals surface area contributed by atoms with Crippen LogP contribution in [0.3, 0.4) is 0 Å². The third-order valence-corrected chi connectivity index (χ3v) is 0.466. The lowest BCUT2D eigenvalue weighted by Crippen LogP contribution is -1.55. The highest BCUT2D eigenvalue weighted by molar-refractivity contribution is 4.74. The van der Waals surface area contributed by atoms with Crippen LogP contribution in [-0.4, -0.2) is 4.98 Å². The second-order valence-corrected chi connectivity index (χ2v) is 0.883. The fraction of sp³-hybridized carbons (Fsp3) is 0.286. The predicted octanol–water partition coefficient (Wildman–Crippen LogP) is 1.71. The predicted molar refractivity (Wildman–Crippen MR) is 33.3 cm³/mol. The molecule has 0 radical (unpaired) electrons. The molecule has 0 aromatic carbocycles. The third-order valence-electron chi connectivity index (χ3n) is 0.466. The number of aromatic nitrogens is 1. The molecule has 42 valence electrons. The Morgan fingerprint density at radius 1 is 1.25 bits per heavy atom. The van der Waals surface area contributed by atoms with E-state index in [1.165, 1.54) is 0 Å². The lowest BCUT2D eigenvalue weighted by atomic mass is 10.6. The van der Waals surface area contributed by atoms with Crippen LogP contribution in [0.25, 0.3) is 0 Å². The van der Waals surface area contributed by atoms with Crippen LogP contribution < -0.4 is 0 Å². The zero-order valence-corrected chi connectivity index (χ0v) is 5.18. The van der Waals surface area contributed by atoms with Crippen LogP contribution in [0.15, 0.2) is 18.5 Å². The van der Waals surface area contributed by atoms with E-state index in [1.54, 1.807) is 18.5 Å². The standard InChI is InChI=1S/C5H3N.C2H6/c1-2-4-6-5-3-1;1-2/h2,4-5H;1-2H3. The molecule has 0 spiro atoms. The molecule has 0 aliphatic heterocycles. The molecule has 1 nitrogen and oxygen atoms in total. The first-order valence-corrected chi connectivity index (χ1v) is 2.68. The highest BCUT2D eigenvalue weighted by Crippen LogP contribution is 1.63. The largest absolute Gasteiger partial charge is 0.255 e. The maximum atomic E-state index is 3.70. The molecule has 0 fully saturated rings. The number of hydrogen-bond donors (Lipinski definition) is 0. The molecule has 1 aromatic rings.